The van der Waals surface area contributed by atoms with Crippen molar-refractivity contribution >= 4 is 0 Å². The number of aliphatic hydroxyl groups is 1. The molecule has 0 bridgehead atoms. The monoisotopic (exact) mass is 226 g/mol. The van der Waals surface area contributed by atoms with Gasteiger partial charge in [0.1, 0.15) is 0 Å². The van der Waals surface area contributed by atoms with Crippen LogP contribution in [0.25, 0.3) is 0 Å². The SMILES string of the molecule is OCCN(CC1CCCN1)C1CCCCC1. The molecule has 1 saturated heterocycles. The summed E-state index contributed by atoms with van der Waals surface area (Å²) < 4.78 is 0. The third-order valence-electron chi connectivity index (χ3n) is 4.10. The van der Waals surface area contributed by atoms with E-state index >= 15 is 0 Å². The van der Waals surface area contributed by atoms with Crippen LogP contribution < -0.4 is 5.32 Å². The quantitative estimate of drug-likeness (QED) is 0.743. The summed E-state index contributed by atoms with van der Waals surface area (Å²) in [6, 6.07) is 1.41. The fourth-order valence-electron chi connectivity index (χ4n) is 3.19. The van der Waals surface area contributed by atoms with E-state index in [0.29, 0.717) is 12.6 Å². The molecule has 2 N–H and O–H groups in total. The number of aliphatic hydroxyl groups excluding tert-OH is 1. The molecule has 94 valence electrons. The summed E-state index contributed by atoms with van der Waals surface area (Å²) in [5.41, 5.74) is 0. The minimum Gasteiger partial charge on any atom is -0.395 e. The van der Waals surface area contributed by atoms with Crippen LogP contribution in [0, 0.1) is 0 Å². The van der Waals surface area contributed by atoms with Crippen molar-refractivity contribution in [3.63, 3.8) is 0 Å². The van der Waals surface area contributed by atoms with Crippen LogP contribution >= 0.6 is 0 Å². The summed E-state index contributed by atoms with van der Waals surface area (Å²) in [6.07, 6.45) is 9.48. The Morgan fingerprint density at radius 1 is 1.06 bits per heavy atom. The van der Waals surface area contributed by atoms with Crippen molar-refractivity contribution in [3.05, 3.63) is 0 Å². The van der Waals surface area contributed by atoms with Gasteiger partial charge in [-0.1, -0.05) is 19.3 Å². The molecule has 1 aliphatic heterocycles. The molecule has 3 nitrogen and oxygen atoms in total. The lowest BCUT2D eigenvalue weighted by atomic mass is 9.94. The van der Waals surface area contributed by atoms with Gasteiger partial charge in [0.15, 0.2) is 0 Å². The Bertz CT molecular complexity index is 186. The lowest BCUT2D eigenvalue weighted by molar-refractivity contribution is 0.115. The highest BCUT2D eigenvalue weighted by molar-refractivity contribution is 4.82. The molecule has 1 heterocycles. The van der Waals surface area contributed by atoms with Gasteiger partial charge < -0.3 is 10.4 Å². The molecule has 1 atom stereocenters. The molecule has 1 unspecified atom stereocenters. The molecule has 0 radical (unpaired) electrons. The van der Waals surface area contributed by atoms with Gasteiger partial charge in [-0.25, -0.2) is 0 Å². The van der Waals surface area contributed by atoms with Crippen molar-refractivity contribution in [2.24, 2.45) is 0 Å². The van der Waals surface area contributed by atoms with E-state index in [0.717, 1.165) is 19.1 Å². The zero-order valence-corrected chi connectivity index (χ0v) is 10.3. The summed E-state index contributed by atoms with van der Waals surface area (Å²) in [7, 11) is 0. The minimum absolute atomic E-state index is 0.309. The first-order chi connectivity index (χ1) is 7.90. The zero-order valence-electron chi connectivity index (χ0n) is 10.3. The topological polar surface area (TPSA) is 35.5 Å². The average Bonchev–Trinajstić information content (AvgIpc) is 2.83. The van der Waals surface area contributed by atoms with Crippen molar-refractivity contribution in [2.45, 2.75) is 57.0 Å². The number of hydrogen-bond donors (Lipinski definition) is 2. The maximum Gasteiger partial charge on any atom is 0.0558 e. The van der Waals surface area contributed by atoms with Gasteiger partial charge in [-0.3, -0.25) is 4.90 Å². The van der Waals surface area contributed by atoms with Gasteiger partial charge in [0.2, 0.25) is 0 Å². The van der Waals surface area contributed by atoms with Gasteiger partial charge >= 0.3 is 0 Å². The Labute approximate surface area is 99.2 Å². The maximum atomic E-state index is 9.18. The highest BCUT2D eigenvalue weighted by Gasteiger charge is 2.24. The van der Waals surface area contributed by atoms with Gasteiger partial charge in [0.25, 0.3) is 0 Å². The summed E-state index contributed by atoms with van der Waals surface area (Å²) in [6.45, 7) is 3.50. The molecule has 16 heavy (non-hydrogen) atoms. The van der Waals surface area contributed by atoms with Crippen molar-refractivity contribution in [1.82, 2.24) is 10.2 Å². The third kappa shape index (κ3) is 3.44. The van der Waals surface area contributed by atoms with E-state index in [1.165, 1.54) is 51.5 Å². The fourth-order valence-corrected chi connectivity index (χ4v) is 3.19. The predicted octanol–water partition coefficient (Wildman–Crippen LogP) is 1.37. The van der Waals surface area contributed by atoms with Crippen molar-refractivity contribution in [3.8, 4) is 0 Å². The van der Waals surface area contributed by atoms with Gasteiger partial charge in [0.05, 0.1) is 6.61 Å². The molecular weight excluding hydrogens is 200 g/mol. The molecule has 0 aromatic heterocycles. The second kappa shape index (κ2) is 6.58. The molecule has 3 heteroatoms. The Morgan fingerprint density at radius 3 is 2.50 bits per heavy atom. The van der Waals surface area contributed by atoms with E-state index in [9.17, 15) is 5.11 Å². The van der Waals surface area contributed by atoms with Crippen LogP contribution in [0.2, 0.25) is 0 Å². The van der Waals surface area contributed by atoms with E-state index in [4.69, 9.17) is 0 Å². The van der Waals surface area contributed by atoms with Crippen LogP contribution in [0.1, 0.15) is 44.9 Å². The van der Waals surface area contributed by atoms with E-state index in [1.54, 1.807) is 0 Å². The minimum atomic E-state index is 0.309. The lowest BCUT2D eigenvalue weighted by Gasteiger charge is -2.35. The van der Waals surface area contributed by atoms with Crippen LogP contribution in [0.3, 0.4) is 0 Å². The Balaban J connectivity index is 1.82. The lowest BCUT2D eigenvalue weighted by Crippen LogP contribution is -2.45. The Kier molecular flexibility index (Phi) is 5.07. The summed E-state index contributed by atoms with van der Waals surface area (Å²) >= 11 is 0. The molecule has 2 fully saturated rings. The van der Waals surface area contributed by atoms with Crippen LogP contribution in [-0.4, -0.2) is 48.3 Å². The van der Waals surface area contributed by atoms with E-state index in [1.807, 2.05) is 0 Å². The van der Waals surface area contributed by atoms with Crippen LogP contribution in [0.5, 0.6) is 0 Å². The first-order valence-electron chi connectivity index (χ1n) is 6.98. The molecule has 2 aliphatic rings. The normalized spacial score (nSPS) is 27.8. The first-order valence-corrected chi connectivity index (χ1v) is 6.98. The molecule has 0 amide bonds. The van der Waals surface area contributed by atoms with Gasteiger partial charge in [0, 0.05) is 25.2 Å². The van der Waals surface area contributed by atoms with E-state index in [-0.39, 0.29) is 0 Å². The number of rotatable bonds is 5. The second-order valence-corrected chi connectivity index (χ2v) is 5.30. The maximum absolute atomic E-state index is 9.18. The van der Waals surface area contributed by atoms with Crippen LogP contribution in [0.15, 0.2) is 0 Å². The predicted molar refractivity (Wildman–Crippen MR) is 66.6 cm³/mol. The van der Waals surface area contributed by atoms with Crippen molar-refractivity contribution in [1.29, 1.82) is 0 Å². The third-order valence-corrected chi connectivity index (χ3v) is 4.10. The van der Waals surface area contributed by atoms with Crippen molar-refractivity contribution < 1.29 is 5.11 Å². The van der Waals surface area contributed by atoms with Gasteiger partial charge in [-0.15, -0.1) is 0 Å². The zero-order chi connectivity index (χ0) is 11.2. The molecule has 2 rings (SSSR count). The standard InChI is InChI=1S/C13H26N2O/c16-10-9-15(11-12-5-4-8-14-12)13-6-2-1-3-7-13/h12-14,16H,1-11H2. The second-order valence-electron chi connectivity index (χ2n) is 5.30. The Hall–Kier alpha value is -0.120. The van der Waals surface area contributed by atoms with Crippen molar-refractivity contribution in [2.75, 3.05) is 26.2 Å². The van der Waals surface area contributed by atoms with Crippen LogP contribution in [-0.2, 0) is 0 Å². The number of nitrogens with zero attached hydrogens (tertiary/aromatic N) is 1. The van der Waals surface area contributed by atoms with Crippen LogP contribution in [0.4, 0.5) is 0 Å². The highest BCUT2D eigenvalue weighted by atomic mass is 16.3. The number of nitrogens with one attached hydrogen (secondary N) is 1. The van der Waals surface area contributed by atoms with E-state index in [2.05, 4.69) is 10.2 Å². The summed E-state index contributed by atoms with van der Waals surface area (Å²) in [5.74, 6) is 0. The number of hydrogen-bond acceptors (Lipinski definition) is 3. The highest BCUT2D eigenvalue weighted by Crippen LogP contribution is 2.23. The molecular formula is C13H26N2O. The fraction of sp³-hybridized carbons (Fsp3) is 1.00. The average molecular weight is 226 g/mol. The van der Waals surface area contributed by atoms with E-state index < -0.39 is 0 Å². The molecule has 0 aromatic rings. The largest absolute Gasteiger partial charge is 0.395 e. The van der Waals surface area contributed by atoms with Gasteiger partial charge in [-0.05, 0) is 32.2 Å². The Morgan fingerprint density at radius 2 is 1.88 bits per heavy atom. The molecule has 1 aliphatic carbocycles. The molecule has 0 aromatic carbocycles. The summed E-state index contributed by atoms with van der Waals surface area (Å²) in [4.78, 5) is 2.53. The van der Waals surface area contributed by atoms with Gasteiger partial charge in [-0.2, -0.15) is 0 Å². The summed E-state index contributed by atoms with van der Waals surface area (Å²) in [5, 5.41) is 12.7. The molecule has 0 spiro atoms. The molecule has 1 saturated carbocycles. The smallest absolute Gasteiger partial charge is 0.0558 e. The first kappa shape index (κ1) is 12.3.